The molecule has 0 N–H and O–H groups in total. The van der Waals surface area contributed by atoms with Crippen LogP contribution in [0, 0.1) is 0 Å². The van der Waals surface area contributed by atoms with Crippen molar-refractivity contribution in [1.29, 1.82) is 0 Å². The van der Waals surface area contributed by atoms with Gasteiger partial charge in [0.1, 0.15) is 0 Å². The van der Waals surface area contributed by atoms with E-state index < -0.39 is 73.7 Å². The molecule has 0 aromatic carbocycles. The Bertz CT molecular complexity index is 818. The van der Waals surface area contributed by atoms with Crippen LogP contribution in [0.4, 0.5) is 57.1 Å². The summed E-state index contributed by atoms with van der Waals surface area (Å²) in [5.74, 6) is -40.5. The van der Waals surface area contributed by atoms with E-state index in [1.54, 1.807) is 0 Å². The third-order valence-corrected chi connectivity index (χ3v) is 5.85. The van der Waals surface area contributed by atoms with Gasteiger partial charge >= 0.3 is 41.8 Å². The van der Waals surface area contributed by atoms with Crippen molar-refractivity contribution in [2.45, 2.75) is 87.7 Å². The minimum absolute atomic E-state index is 0.162. The van der Waals surface area contributed by atoms with E-state index >= 15 is 0 Å². The molecule has 5 nitrogen and oxygen atoms in total. The Morgan fingerprint density at radius 2 is 1.21 bits per heavy atom. The molecule has 1 atom stereocenters. The quantitative estimate of drug-likeness (QED) is 0.0932. The van der Waals surface area contributed by atoms with Crippen molar-refractivity contribution >= 4 is 11.9 Å². The highest BCUT2D eigenvalue weighted by molar-refractivity contribution is 5.70. The van der Waals surface area contributed by atoms with Gasteiger partial charge in [-0.25, -0.2) is 4.79 Å². The van der Waals surface area contributed by atoms with Crippen molar-refractivity contribution in [2.75, 3.05) is 33.3 Å². The van der Waals surface area contributed by atoms with Crippen LogP contribution in [0.1, 0.15) is 51.9 Å². The van der Waals surface area contributed by atoms with Gasteiger partial charge in [0.25, 0.3) is 0 Å². The number of unbranched alkanes of at least 4 members (excludes halogenated alkanes) is 4. The Balaban J connectivity index is 5.48. The van der Waals surface area contributed by atoms with Crippen molar-refractivity contribution in [2.24, 2.45) is 0 Å². The Morgan fingerprint density at radius 3 is 1.67 bits per heavy atom. The number of aliphatic carboxylic acids is 1. The summed E-state index contributed by atoms with van der Waals surface area (Å²) in [6.07, 6.45) is -7.03. The zero-order chi connectivity index (χ0) is 31.1. The first-order valence-electron chi connectivity index (χ1n) is 11.5. The number of carboxylic acids is 1. The summed E-state index contributed by atoms with van der Waals surface area (Å²) in [6.45, 7) is -0.714. The topological polar surface area (TPSA) is 66.4 Å². The number of hydrogen-bond donors (Lipinski definition) is 0. The number of rotatable bonds is 18. The Labute approximate surface area is 214 Å². The number of nitrogens with zero attached hydrogens (tertiary/aromatic N) is 1. The van der Waals surface area contributed by atoms with E-state index in [-0.39, 0.29) is 17.6 Å². The van der Waals surface area contributed by atoms with Crippen molar-refractivity contribution in [3.05, 3.63) is 0 Å². The number of esters is 1. The fraction of sp³-hybridized carbons (Fsp3) is 0.905. The molecule has 0 heterocycles. The van der Waals surface area contributed by atoms with E-state index in [4.69, 9.17) is 0 Å². The molecular weight excluding hydrogens is 577 g/mol. The number of likely N-dealkylation sites (N-methyl/N-ethyl adjacent to an activating group) is 1. The van der Waals surface area contributed by atoms with Crippen LogP contribution in [0.25, 0.3) is 0 Å². The second-order valence-electron chi connectivity index (χ2n) is 9.23. The van der Waals surface area contributed by atoms with E-state index in [1.165, 1.54) is 7.05 Å². The SMILES string of the molecule is CCCCCCC[N+](C)(CCC(=O)[O-])CC(=O)OCCC(F)(F)C(F)(F)C(F)(F)C(F)(F)C(F)(F)C(F)(F)F. The van der Waals surface area contributed by atoms with Gasteiger partial charge in [-0.15, -0.1) is 0 Å². The summed E-state index contributed by atoms with van der Waals surface area (Å²) in [6, 6.07) is 0. The van der Waals surface area contributed by atoms with Crippen molar-refractivity contribution in [1.82, 2.24) is 0 Å². The molecule has 0 aromatic rings. The number of carbonyl (C=O) groups excluding carboxylic acids is 2. The van der Waals surface area contributed by atoms with Crippen LogP contribution < -0.4 is 5.11 Å². The first kappa shape index (κ1) is 37.0. The van der Waals surface area contributed by atoms with Gasteiger partial charge in [-0.3, -0.25) is 0 Å². The van der Waals surface area contributed by atoms with E-state index in [1.807, 2.05) is 6.92 Å². The average molecular weight is 605 g/mol. The molecule has 18 heteroatoms. The van der Waals surface area contributed by atoms with Gasteiger partial charge in [-0.1, -0.05) is 26.2 Å². The van der Waals surface area contributed by atoms with E-state index in [0.29, 0.717) is 12.8 Å². The fourth-order valence-electron chi connectivity index (χ4n) is 3.34. The van der Waals surface area contributed by atoms with Crippen LogP contribution in [0.15, 0.2) is 0 Å². The molecule has 0 bridgehead atoms. The monoisotopic (exact) mass is 605 g/mol. The van der Waals surface area contributed by atoms with Gasteiger partial charge in [0.05, 0.1) is 33.2 Å². The maximum absolute atomic E-state index is 13.8. The summed E-state index contributed by atoms with van der Waals surface area (Å²) in [5, 5.41) is 10.8. The number of ether oxygens (including phenoxy) is 1. The second kappa shape index (κ2) is 13.1. The maximum atomic E-state index is 13.8. The third-order valence-electron chi connectivity index (χ3n) is 5.85. The lowest BCUT2D eigenvalue weighted by molar-refractivity contribution is -0.902. The minimum atomic E-state index is -8.00. The number of hydrogen-bond acceptors (Lipinski definition) is 4. The highest BCUT2D eigenvalue weighted by atomic mass is 19.4. The third kappa shape index (κ3) is 8.74. The van der Waals surface area contributed by atoms with Gasteiger partial charge in [-0.2, -0.15) is 57.1 Å². The van der Waals surface area contributed by atoms with Crippen LogP contribution in [0.2, 0.25) is 0 Å². The molecule has 0 amide bonds. The Morgan fingerprint density at radius 1 is 0.718 bits per heavy atom. The van der Waals surface area contributed by atoms with Gasteiger partial charge in [0.2, 0.25) is 0 Å². The predicted molar refractivity (Wildman–Crippen MR) is 106 cm³/mol. The number of carboxylic acid groups (broad SMARTS) is 1. The standard InChI is InChI=1S/C21H28F13NO4/c1-3-4-5-6-7-10-35(2,11-8-14(36)37)13-15(38)39-12-9-16(22,23)17(24,25)18(26,27)19(28,29)20(30,31)21(32,33)34/h3-13H2,1-2H3. The summed E-state index contributed by atoms with van der Waals surface area (Å²) >= 11 is 0. The number of alkyl halides is 13. The van der Waals surface area contributed by atoms with E-state index in [2.05, 4.69) is 4.74 Å². The molecule has 0 rings (SSSR count). The molecule has 0 aliphatic rings. The summed E-state index contributed by atoms with van der Waals surface area (Å²) in [5.41, 5.74) is 0. The normalized spacial score (nSPS) is 15.7. The summed E-state index contributed by atoms with van der Waals surface area (Å²) < 4.78 is 175. The molecule has 0 saturated heterocycles. The molecule has 0 aliphatic heterocycles. The van der Waals surface area contributed by atoms with Crippen LogP contribution in [0.3, 0.4) is 0 Å². The van der Waals surface area contributed by atoms with Crippen LogP contribution in [-0.2, 0) is 14.3 Å². The lowest BCUT2D eigenvalue weighted by atomic mass is 9.93. The van der Waals surface area contributed by atoms with E-state index in [9.17, 15) is 71.8 Å². The summed E-state index contributed by atoms with van der Waals surface area (Å²) in [7, 11) is 1.36. The van der Waals surface area contributed by atoms with Crippen molar-refractivity contribution in [3.63, 3.8) is 0 Å². The number of quaternary nitrogens is 1. The molecule has 232 valence electrons. The summed E-state index contributed by atoms with van der Waals surface area (Å²) in [4.78, 5) is 22.8. The zero-order valence-electron chi connectivity index (χ0n) is 20.8. The minimum Gasteiger partial charge on any atom is -0.550 e. The van der Waals surface area contributed by atoms with Gasteiger partial charge in [0.15, 0.2) is 6.54 Å². The molecule has 0 spiro atoms. The Hall–Kier alpha value is -2.01. The van der Waals surface area contributed by atoms with E-state index in [0.717, 1.165) is 19.3 Å². The first-order valence-corrected chi connectivity index (χ1v) is 11.5. The van der Waals surface area contributed by atoms with Gasteiger partial charge in [0, 0.05) is 12.4 Å². The molecule has 39 heavy (non-hydrogen) atoms. The zero-order valence-corrected chi connectivity index (χ0v) is 20.8. The molecule has 0 aromatic heterocycles. The number of halogens is 13. The number of carbonyl (C=O) groups is 2. The largest absolute Gasteiger partial charge is 0.550 e. The van der Waals surface area contributed by atoms with Crippen molar-refractivity contribution in [3.8, 4) is 0 Å². The van der Waals surface area contributed by atoms with Crippen molar-refractivity contribution < 1.29 is 81.0 Å². The van der Waals surface area contributed by atoms with Gasteiger partial charge < -0.3 is 19.1 Å². The van der Waals surface area contributed by atoms with Crippen LogP contribution >= 0.6 is 0 Å². The van der Waals surface area contributed by atoms with Crippen LogP contribution in [-0.4, -0.2) is 85.5 Å². The first-order chi connectivity index (χ1) is 17.3. The molecule has 0 fully saturated rings. The predicted octanol–water partition coefficient (Wildman–Crippen LogP) is 5.22. The molecular formula is C21H28F13NO4. The Kier molecular flexibility index (Phi) is 12.4. The second-order valence-corrected chi connectivity index (χ2v) is 9.23. The fourth-order valence-corrected chi connectivity index (χ4v) is 3.34. The lowest BCUT2D eigenvalue weighted by Gasteiger charge is -2.39. The smallest absolute Gasteiger partial charge is 0.460 e. The lowest BCUT2D eigenvalue weighted by Crippen LogP contribution is -2.70. The molecule has 1 unspecified atom stereocenters. The molecule has 0 saturated carbocycles. The molecule has 0 radical (unpaired) electrons. The highest BCUT2D eigenvalue weighted by Crippen LogP contribution is 2.60. The van der Waals surface area contributed by atoms with Crippen LogP contribution in [0.5, 0.6) is 0 Å². The molecule has 0 aliphatic carbocycles. The highest BCUT2D eigenvalue weighted by Gasteiger charge is 2.90. The average Bonchev–Trinajstić information content (AvgIpc) is 2.76. The van der Waals surface area contributed by atoms with Gasteiger partial charge in [-0.05, 0) is 12.8 Å². The maximum Gasteiger partial charge on any atom is 0.460 e.